The van der Waals surface area contributed by atoms with Crippen molar-refractivity contribution < 1.29 is 19.1 Å². The summed E-state index contributed by atoms with van der Waals surface area (Å²) in [5.74, 6) is 0.844. The van der Waals surface area contributed by atoms with Crippen LogP contribution in [0.25, 0.3) is 10.8 Å². The highest BCUT2D eigenvalue weighted by Crippen LogP contribution is 2.41. The molecule has 0 bridgehead atoms. The average Bonchev–Trinajstić information content (AvgIpc) is 3.03. The molecule has 2 aliphatic heterocycles. The number of hydrogen-bond donors (Lipinski definition) is 0. The second kappa shape index (κ2) is 9.27. The molecule has 1 fully saturated rings. The summed E-state index contributed by atoms with van der Waals surface area (Å²) in [7, 11) is 0. The molecule has 0 aliphatic carbocycles. The highest BCUT2D eigenvalue weighted by molar-refractivity contribution is 6.27. The Morgan fingerprint density at radius 1 is 0.935 bits per heavy atom. The molecule has 1 atom stereocenters. The van der Waals surface area contributed by atoms with E-state index in [0.29, 0.717) is 35.8 Å². The number of imide groups is 1. The predicted molar refractivity (Wildman–Crippen MR) is 121 cm³/mol. The summed E-state index contributed by atoms with van der Waals surface area (Å²) in [4.78, 5) is 30.9. The summed E-state index contributed by atoms with van der Waals surface area (Å²) in [6.45, 7) is 9.67. The molecule has 2 aromatic rings. The first-order valence-corrected chi connectivity index (χ1v) is 11.6. The number of benzene rings is 2. The number of carbonyl (C=O) groups excluding carboxylic acids is 2. The summed E-state index contributed by atoms with van der Waals surface area (Å²) in [6, 6.07) is 7.24. The molecule has 2 heterocycles. The van der Waals surface area contributed by atoms with E-state index < -0.39 is 0 Å². The Balaban J connectivity index is 1.77. The lowest BCUT2D eigenvalue weighted by Crippen LogP contribution is -2.47. The van der Waals surface area contributed by atoms with Crippen LogP contribution in [0.4, 0.5) is 0 Å². The van der Waals surface area contributed by atoms with E-state index in [4.69, 9.17) is 9.47 Å². The molecule has 31 heavy (non-hydrogen) atoms. The van der Waals surface area contributed by atoms with Crippen molar-refractivity contribution in [1.29, 1.82) is 0 Å². The molecular weight excluding hydrogens is 392 g/mol. The summed E-state index contributed by atoms with van der Waals surface area (Å²) in [5.41, 5.74) is 0.911. The zero-order chi connectivity index (χ0) is 22.0. The number of amides is 2. The van der Waals surface area contributed by atoms with Gasteiger partial charge in [0, 0.05) is 11.9 Å². The predicted octanol–water partition coefficient (Wildman–Crippen LogP) is 4.50. The first kappa shape index (κ1) is 21.6. The molecule has 0 radical (unpaired) electrons. The highest BCUT2D eigenvalue weighted by Gasteiger charge is 2.42. The largest absolute Gasteiger partial charge is 0.493 e. The number of nitrogens with zero attached hydrogens (tertiary/aromatic N) is 2. The van der Waals surface area contributed by atoms with Gasteiger partial charge in [0.2, 0.25) is 0 Å². The zero-order valence-electron chi connectivity index (χ0n) is 18.8. The van der Waals surface area contributed by atoms with Gasteiger partial charge in [-0.2, -0.15) is 0 Å². The standard InChI is InChI=1S/C25H32N2O4/c1-4-17(16-26-13-8-7-9-14-26)27-24(28)19-15-21(31-6-3)23-18(22(19)25(27)29)11-10-12-20(23)30-5-2/h10-12,15,17H,4-9,13-14,16H2,1-3H3. The molecule has 1 unspecified atom stereocenters. The van der Waals surface area contributed by atoms with Crippen molar-refractivity contribution in [3.63, 3.8) is 0 Å². The van der Waals surface area contributed by atoms with Gasteiger partial charge in [-0.3, -0.25) is 14.5 Å². The van der Waals surface area contributed by atoms with Gasteiger partial charge in [-0.15, -0.1) is 0 Å². The lowest BCUT2D eigenvalue weighted by Gasteiger charge is -2.33. The lowest BCUT2D eigenvalue weighted by molar-refractivity contribution is 0.0528. The first-order valence-electron chi connectivity index (χ1n) is 11.6. The number of carbonyl (C=O) groups is 2. The van der Waals surface area contributed by atoms with Crippen molar-refractivity contribution in [2.24, 2.45) is 0 Å². The Kier molecular flexibility index (Phi) is 6.46. The molecule has 2 aliphatic rings. The number of ether oxygens (including phenoxy) is 2. The Morgan fingerprint density at radius 3 is 2.32 bits per heavy atom. The van der Waals surface area contributed by atoms with E-state index in [-0.39, 0.29) is 17.9 Å². The first-order chi connectivity index (χ1) is 15.1. The number of piperidine rings is 1. The molecule has 6 heteroatoms. The van der Waals surface area contributed by atoms with Crippen LogP contribution in [-0.4, -0.2) is 60.5 Å². The van der Waals surface area contributed by atoms with Gasteiger partial charge in [0.1, 0.15) is 11.5 Å². The van der Waals surface area contributed by atoms with E-state index in [0.717, 1.165) is 36.8 Å². The average molecular weight is 425 g/mol. The van der Waals surface area contributed by atoms with E-state index >= 15 is 0 Å². The molecule has 0 aromatic heterocycles. The van der Waals surface area contributed by atoms with Crippen LogP contribution < -0.4 is 9.47 Å². The molecule has 2 aromatic carbocycles. The lowest BCUT2D eigenvalue weighted by atomic mass is 9.98. The van der Waals surface area contributed by atoms with E-state index in [1.807, 2.05) is 32.0 Å². The van der Waals surface area contributed by atoms with Crippen LogP contribution >= 0.6 is 0 Å². The molecule has 4 rings (SSSR count). The quantitative estimate of drug-likeness (QED) is 0.584. The third kappa shape index (κ3) is 3.89. The van der Waals surface area contributed by atoms with Crippen LogP contribution in [-0.2, 0) is 0 Å². The summed E-state index contributed by atoms with van der Waals surface area (Å²) in [5, 5.41) is 1.48. The minimum Gasteiger partial charge on any atom is -0.493 e. The molecule has 166 valence electrons. The Bertz CT molecular complexity index is 981. The summed E-state index contributed by atoms with van der Waals surface area (Å²) >= 11 is 0. The molecule has 0 N–H and O–H groups in total. The van der Waals surface area contributed by atoms with Crippen LogP contribution in [0.2, 0.25) is 0 Å². The van der Waals surface area contributed by atoms with Gasteiger partial charge in [0.25, 0.3) is 11.8 Å². The summed E-state index contributed by atoms with van der Waals surface area (Å²) < 4.78 is 11.7. The Morgan fingerprint density at radius 2 is 1.65 bits per heavy atom. The minimum atomic E-state index is -0.214. The molecule has 1 saturated heterocycles. The fourth-order valence-electron chi connectivity index (χ4n) is 4.87. The topological polar surface area (TPSA) is 59.1 Å². The van der Waals surface area contributed by atoms with E-state index in [2.05, 4.69) is 11.8 Å². The number of fused-ring (bicyclic) bond motifs is 3. The van der Waals surface area contributed by atoms with Gasteiger partial charge in [0.05, 0.1) is 35.8 Å². The highest BCUT2D eigenvalue weighted by atomic mass is 16.5. The van der Waals surface area contributed by atoms with Crippen molar-refractivity contribution in [2.45, 2.75) is 52.5 Å². The van der Waals surface area contributed by atoms with Crippen molar-refractivity contribution in [3.8, 4) is 11.5 Å². The van der Waals surface area contributed by atoms with Crippen molar-refractivity contribution in [2.75, 3.05) is 32.8 Å². The zero-order valence-corrected chi connectivity index (χ0v) is 18.8. The SMILES string of the molecule is CCOc1cccc2c3c(cc(OCC)c12)C(=O)N(C(CC)CN1CCCCC1)C3=O. The normalized spacial score (nSPS) is 17.8. The molecular formula is C25H32N2O4. The smallest absolute Gasteiger partial charge is 0.262 e. The Labute approximate surface area is 184 Å². The third-order valence-electron chi connectivity index (χ3n) is 6.32. The van der Waals surface area contributed by atoms with Crippen LogP contribution in [0.1, 0.15) is 67.2 Å². The molecule has 0 spiro atoms. The van der Waals surface area contributed by atoms with Crippen molar-refractivity contribution in [1.82, 2.24) is 9.80 Å². The minimum absolute atomic E-state index is 0.133. The van der Waals surface area contributed by atoms with Gasteiger partial charge in [-0.25, -0.2) is 0 Å². The molecule has 6 nitrogen and oxygen atoms in total. The van der Waals surface area contributed by atoms with Gasteiger partial charge >= 0.3 is 0 Å². The van der Waals surface area contributed by atoms with Crippen LogP contribution in [0.5, 0.6) is 11.5 Å². The van der Waals surface area contributed by atoms with Gasteiger partial charge in [-0.1, -0.05) is 25.5 Å². The fraction of sp³-hybridized carbons (Fsp3) is 0.520. The Hall–Kier alpha value is -2.60. The van der Waals surface area contributed by atoms with E-state index in [1.165, 1.54) is 24.2 Å². The maximum atomic E-state index is 13.6. The maximum Gasteiger partial charge on any atom is 0.262 e. The number of hydrogen-bond acceptors (Lipinski definition) is 5. The van der Waals surface area contributed by atoms with Gasteiger partial charge < -0.3 is 14.4 Å². The molecule has 2 amide bonds. The maximum absolute atomic E-state index is 13.6. The number of likely N-dealkylation sites (tertiary alicyclic amines) is 1. The van der Waals surface area contributed by atoms with E-state index in [1.54, 1.807) is 6.07 Å². The van der Waals surface area contributed by atoms with Crippen molar-refractivity contribution >= 4 is 22.6 Å². The van der Waals surface area contributed by atoms with E-state index in [9.17, 15) is 9.59 Å². The summed E-state index contributed by atoms with van der Waals surface area (Å²) in [6.07, 6.45) is 4.36. The monoisotopic (exact) mass is 424 g/mol. The second-order valence-electron chi connectivity index (χ2n) is 8.25. The fourth-order valence-corrected chi connectivity index (χ4v) is 4.87. The second-order valence-corrected chi connectivity index (χ2v) is 8.25. The number of rotatable bonds is 8. The van der Waals surface area contributed by atoms with Crippen LogP contribution in [0, 0.1) is 0 Å². The van der Waals surface area contributed by atoms with Crippen LogP contribution in [0.15, 0.2) is 24.3 Å². The third-order valence-corrected chi connectivity index (χ3v) is 6.32. The van der Waals surface area contributed by atoms with Gasteiger partial charge in [-0.05, 0) is 58.3 Å². The molecule has 0 saturated carbocycles. The van der Waals surface area contributed by atoms with Crippen molar-refractivity contribution in [3.05, 3.63) is 35.4 Å². The van der Waals surface area contributed by atoms with Gasteiger partial charge in [0.15, 0.2) is 0 Å². The van der Waals surface area contributed by atoms with Crippen LogP contribution in [0.3, 0.4) is 0 Å².